The standard InChI is InChI=1S/C26H25N3OS/c1-2-19-8-13-23-24(18-19)31-26(27-23)29-16-14-28(15-17-29)25(30)22-11-9-21(10-12-22)20-6-4-3-5-7-20/h3-13,18H,2,14-17H2,1H3. The number of fused-ring (bicyclic) bond motifs is 1. The van der Waals surface area contributed by atoms with E-state index in [1.165, 1.54) is 10.3 Å². The second kappa shape index (κ2) is 8.52. The van der Waals surface area contributed by atoms with Gasteiger partial charge in [-0.1, -0.05) is 66.8 Å². The van der Waals surface area contributed by atoms with Crippen LogP contribution in [-0.2, 0) is 6.42 Å². The highest BCUT2D eigenvalue weighted by Gasteiger charge is 2.24. The van der Waals surface area contributed by atoms with Crippen LogP contribution in [0.2, 0.25) is 0 Å². The molecule has 31 heavy (non-hydrogen) atoms. The van der Waals surface area contributed by atoms with Crippen molar-refractivity contribution in [1.82, 2.24) is 9.88 Å². The fraction of sp³-hybridized carbons (Fsp3) is 0.231. The first kappa shape index (κ1) is 19.8. The molecular weight excluding hydrogens is 402 g/mol. The van der Waals surface area contributed by atoms with Crippen molar-refractivity contribution in [1.29, 1.82) is 0 Å². The molecule has 0 bridgehead atoms. The van der Waals surface area contributed by atoms with Crippen LogP contribution in [0.15, 0.2) is 72.8 Å². The van der Waals surface area contributed by atoms with Crippen molar-refractivity contribution in [2.45, 2.75) is 13.3 Å². The van der Waals surface area contributed by atoms with E-state index in [2.05, 4.69) is 42.2 Å². The van der Waals surface area contributed by atoms with Gasteiger partial charge in [-0.15, -0.1) is 0 Å². The molecule has 1 aliphatic rings. The fourth-order valence-corrected chi connectivity index (χ4v) is 5.11. The molecule has 2 heterocycles. The van der Waals surface area contributed by atoms with E-state index in [0.717, 1.165) is 59.9 Å². The highest BCUT2D eigenvalue weighted by molar-refractivity contribution is 7.22. The van der Waals surface area contributed by atoms with Crippen molar-refractivity contribution in [2.75, 3.05) is 31.1 Å². The molecule has 0 aliphatic carbocycles. The topological polar surface area (TPSA) is 36.4 Å². The summed E-state index contributed by atoms with van der Waals surface area (Å²) in [6.45, 7) is 5.24. The fourth-order valence-electron chi connectivity index (χ4n) is 4.03. The Hall–Kier alpha value is -3.18. The zero-order valence-corrected chi connectivity index (χ0v) is 18.4. The van der Waals surface area contributed by atoms with Crippen LogP contribution in [0.25, 0.3) is 21.3 Å². The number of hydrogen-bond donors (Lipinski definition) is 0. The Balaban J connectivity index is 1.24. The van der Waals surface area contributed by atoms with E-state index < -0.39 is 0 Å². The number of aromatic nitrogens is 1. The molecule has 1 saturated heterocycles. The van der Waals surface area contributed by atoms with Gasteiger partial charge in [-0.3, -0.25) is 4.79 Å². The summed E-state index contributed by atoms with van der Waals surface area (Å²) < 4.78 is 1.24. The zero-order valence-electron chi connectivity index (χ0n) is 17.6. The third-order valence-corrected chi connectivity index (χ3v) is 7.01. The van der Waals surface area contributed by atoms with Gasteiger partial charge >= 0.3 is 0 Å². The molecule has 0 radical (unpaired) electrons. The Morgan fingerprint density at radius 3 is 2.32 bits per heavy atom. The molecule has 1 aliphatic heterocycles. The summed E-state index contributed by atoms with van der Waals surface area (Å²) in [7, 11) is 0. The number of nitrogens with zero attached hydrogens (tertiary/aromatic N) is 3. The largest absolute Gasteiger partial charge is 0.345 e. The number of thiazole rings is 1. The maximum Gasteiger partial charge on any atom is 0.253 e. The Morgan fingerprint density at radius 2 is 1.61 bits per heavy atom. The molecule has 1 aromatic heterocycles. The molecule has 0 atom stereocenters. The van der Waals surface area contributed by atoms with Gasteiger partial charge in [0.05, 0.1) is 10.2 Å². The molecule has 0 spiro atoms. The normalized spacial score (nSPS) is 14.2. The first-order valence-corrected chi connectivity index (χ1v) is 11.6. The molecule has 0 saturated carbocycles. The van der Waals surface area contributed by atoms with Crippen LogP contribution in [0.5, 0.6) is 0 Å². The van der Waals surface area contributed by atoms with Crippen LogP contribution in [-0.4, -0.2) is 42.0 Å². The summed E-state index contributed by atoms with van der Waals surface area (Å²) in [6.07, 6.45) is 1.04. The number of aryl methyl sites for hydroxylation is 1. The number of benzene rings is 3. The van der Waals surface area contributed by atoms with Gasteiger partial charge < -0.3 is 9.80 Å². The molecule has 3 aromatic carbocycles. The van der Waals surface area contributed by atoms with Crippen LogP contribution in [0.4, 0.5) is 5.13 Å². The van der Waals surface area contributed by atoms with Crippen molar-refractivity contribution < 1.29 is 4.79 Å². The molecule has 156 valence electrons. The Bertz CT molecular complexity index is 1190. The van der Waals surface area contributed by atoms with Gasteiger partial charge in [0.2, 0.25) is 0 Å². The summed E-state index contributed by atoms with van der Waals surface area (Å²) in [5.74, 6) is 0.108. The van der Waals surface area contributed by atoms with Gasteiger partial charge in [0.25, 0.3) is 5.91 Å². The van der Waals surface area contributed by atoms with Gasteiger partial charge in [-0.2, -0.15) is 0 Å². The van der Waals surface area contributed by atoms with Crippen LogP contribution >= 0.6 is 11.3 Å². The number of carbonyl (C=O) groups excluding carboxylic acids is 1. The zero-order chi connectivity index (χ0) is 21.2. The van der Waals surface area contributed by atoms with Crippen LogP contribution in [0.3, 0.4) is 0 Å². The predicted octanol–water partition coefficient (Wildman–Crippen LogP) is 5.49. The number of hydrogen-bond acceptors (Lipinski definition) is 4. The monoisotopic (exact) mass is 427 g/mol. The summed E-state index contributed by atoms with van der Waals surface area (Å²) in [6, 6.07) is 24.7. The predicted molar refractivity (Wildman–Crippen MR) is 129 cm³/mol. The molecule has 1 amide bonds. The maximum atomic E-state index is 13.0. The van der Waals surface area contributed by atoms with E-state index >= 15 is 0 Å². The van der Waals surface area contributed by atoms with E-state index in [4.69, 9.17) is 4.98 Å². The second-order valence-electron chi connectivity index (χ2n) is 7.87. The lowest BCUT2D eigenvalue weighted by Gasteiger charge is -2.34. The molecule has 5 heteroatoms. The van der Waals surface area contributed by atoms with E-state index in [1.54, 1.807) is 11.3 Å². The lowest BCUT2D eigenvalue weighted by atomic mass is 10.0. The highest BCUT2D eigenvalue weighted by atomic mass is 32.1. The van der Waals surface area contributed by atoms with Crippen LogP contribution < -0.4 is 4.90 Å². The molecule has 5 rings (SSSR count). The highest BCUT2D eigenvalue weighted by Crippen LogP contribution is 2.30. The van der Waals surface area contributed by atoms with E-state index in [9.17, 15) is 4.79 Å². The summed E-state index contributed by atoms with van der Waals surface area (Å²) in [5.41, 5.74) is 5.45. The van der Waals surface area contributed by atoms with Crippen molar-refractivity contribution in [3.8, 4) is 11.1 Å². The minimum atomic E-state index is 0.108. The Kier molecular flexibility index (Phi) is 5.43. The van der Waals surface area contributed by atoms with Gasteiger partial charge in [0.15, 0.2) is 5.13 Å². The van der Waals surface area contributed by atoms with E-state index in [-0.39, 0.29) is 5.91 Å². The molecule has 1 fully saturated rings. The first-order chi connectivity index (χ1) is 15.2. The molecule has 4 aromatic rings. The molecule has 4 nitrogen and oxygen atoms in total. The van der Waals surface area contributed by atoms with E-state index in [0.29, 0.717) is 0 Å². The van der Waals surface area contributed by atoms with Crippen molar-refractivity contribution in [3.05, 3.63) is 83.9 Å². The first-order valence-electron chi connectivity index (χ1n) is 10.8. The van der Waals surface area contributed by atoms with Crippen molar-refractivity contribution in [2.24, 2.45) is 0 Å². The lowest BCUT2D eigenvalue weighted by molar-refractivity contribution is 0.0747. The maximum absolute atomic E-state index is 13.0. The smallest absolute Gasteiger partial charge is 0.253 e. The number of anilines is 1. The summed E-state index contributed by atoms with van der Waals surface area (Å²) in [5, 5.41) is 1.06. The third kappa shape index (κ3) is 4.06. The number of amides is 1. The molecule has 0 N–H and O–H groups in total. The van der Waals surface area contributed by atoms with Gasteiger partial charge in [0, 0.05) is 31.7 Å². The Labute approximate surface area is 186 Å². The quantitative estimate of drug-likeness (QED) is 0.432. The Morgan fingerprint density at radius 1 is 0.903 bits per heavy atom. The van der Waals surface area contributed by atoms with Crippen molar-refractivity contribution in [3.63, 3.8) is 0 Å². The van der Waals surface area contributed by atoms with E-state index in [1.807, 2.05) is 47.4 Å². The SMILES string of the molecule is CCc1ccc2nc(N3CCN(C(=O)c4ccc(-c5ccccc5)cc4)CC3)sc2c1. The number of carbonyl (C=O) groups is 1. The molecular formula is C26H25N3OS. The minimum Gasteiger partial charge on any atom is -0.345 e. The number of rotatable bonds is 4. The summed E-state index contributed by atoms with van der Waals surface area (Å²) >= 11 is 1.75. The second-order valence-corrected chi connectivity index (χ2v) is 8.88. The number of piperazine rings is 1. The third-order valence-electron chi connectivity index (χ3n) is 5.93. The summed E-state index contributed by atoms with van der Waals surface area (Å²) in [4.78, 5) is 22.1. The average Bonchev–Trinajstić information content (AvgIpc) is 3.28. The lowest BCUT2D eigenvalue weighted by Crippen LogP contribution is -2.48. The average molecular weight is 428 g/mol. The molecule has 0 unspecified atom stereocenters. The van der Waals surface area contributed by atoms with Crippen molar-refractivity contribution >= 4 is 32.6 Å². The van der Waals surface area contributed by atoms with Gasteiger partial charge in [-0.25, -0.2) is 4.98 Å². The van der Waals surface area contributed by atoms with Gasteiger partial charge in [0.1, 0.15) is 0 Å². The minimum absolute atomic E-state index is 0.108. The van der Waals surface area contributed by atoms with Crippen LogP contribution in [0.1, 0.15) is 22.8 Å². The van der Waals surface area contributed by atoms with Crippen LogP contribution in [0, 0.1) is 0 Å². The van der Waals surface area contributed by atoms with Gasteiger partial charge in [-0.05, 0) is 47.4 Å².